The maximum absolute atomic E-state index is 13.3. The van der Waals surface area contributed by atoms with Crippen molar-refractivity contribution in [2.24, 2.45) is 0 Å². The Hall–Kier alpha value is -3.65. The van der Waals surface area contributed by atoms with Gasteiger partial charge in [-0.1, -0.05) is 18.2 Å². The van der Waals surface area contributed by atoms with Gasteiger partial charge in [0.1, 0.15) is 11.8 Å². The first-order valence-electron chi connectivity index (χ1n) is 11.2. The number of rotatable bonds is 9. The first kappa shape index (κ1) is 23.5. The molecule has 0 radical (unpaired) electrons. The highest BCUT2D eigenvalue weighted by Gasteiger charge is 2.46. The minimum Gasteiger partial charge on any atom is -0.494 e. The van der Waals surface area contributed by atoms with E-state index in [2.05, 4.69) is 5.32 Å². The lowest BCUT2D eigenvalue weighted by atomic mass is 10.1. The van der Waals surface area contributed by atoms with Crippen molar-refractivity contribution in [3.05, 3.63) is 76.5 Å². The highest BCUT2D eigenvalue weighted by atomic mass is 32.1. The highest BCUT2D eigenvalue weighted by molar-refractivity contribution is 7.10. The molecule has 1 N–H and O–H groups in total. The van der Waals surface area contributed by atoms with Gasteiger partial charge >= 0.3 is 6.03 Å². The van der Waals surface area contributed by atoms with Crippen LogP contribution in [0.2, 0.25) is 0 Å². The van der Waals surface area contributed by atoms with Crippen molar-refractivity contribution in [2.75, 3.05) is 23.4 Å². The Labute approximate surface area is 202 Å². The second kappa shape index (κ2) is 10.5. The van der Waals surface area contributed by atoms with Crippen LogP contribution in [0.5, 0.6) is 5.75 Å². The zero-order chi connectivity index (χ0) is 24.1. The summed E-state index contributed by atoms with van der Waals surface area (Å²) in [6.07, 6.45) is 0.507. The van der Waals surface area contributed by atoms with Crippen LogP contribution in [0.25, 0.3) is 0 Å². The molecule has 34 heavy (non-hydrogen) atoms. The lowest BCUT2D eigenvalue weighted by Gasteiger charge is -2.21. The number of ether oxygens (including phenoxy) is 1. The number of imide groups is 1. The van der Waals surface area contributed by atoms with Crippen molar-refractivity contribution >= 4 is 40.6 Å². The number of urea groups is 1. The van der Waals surface area contributed by atoms with E-state index in [1.54, 1.807) is 59.9 Å². The quantitative estimate of drug-likeness (QED) is 0.446. The SMILES string of the molecule is CCOc1ccc(NC(=O)CC2C(=O)N(c3ccccc3)C(=O)N2CCc2sccc2C)cc1. The number of nitrogens with one attached hydrogen (secondary N) is 1. The van der Waals surface area contributed by atoms with Crippen molar-refractivity contribution in [3.8, 4) is 5.75 Å². The van der Waals surface area contributed by atoms with Gasteiger partial charge in [-0.05, 0) is 73.7 Å². The normalized spacial score (nSPS) is 15.6. The van der Waals surface area contributed by atoms with E-state index in [1.807, 2.05) is 31.4 Å². The smallest absolute Gasteiger partial charge is 0.332 e. The monoisotopic (exact) mass is 477 g/mol. The average Bonchev–Trinajstić information content (AvgIpc) is 3.34. The molecule has 4 rings (SSSR count). The van der Waals surface area contributed by atoms with Crippen LogP contribution in [-0.4, -0.2) is 41.9 Å². The number of nitrogens with zero attached hydrogens (tertiary/aromatic N) is 2. The molecule has 1 atom stereocenters. The molecule has 4 amide bonds. The maximum atomic E-state index is 13.3. The molecule has 0 spiro atoms. The Bertz CT molecular complexity index is 1160. The largest absolute Gasteiger partial charge is 0.494 e. The van der Waals surface area contributed by atoms with Crippen LogP contribution in [0, 0.1) is 6.92 Å². The van der Waals surface area contributed by atoms with Crippen molar-refractivity contribution < 1.29 is 19.1 Å². The van der Waals surface area contributed by atoms with Gasteiger partial charge in [-0.3, -0.25) is 9.59 Å². The first-order chi connectivity index (χ1) is 16.5. The minimum absolute atomic E-state index is 0.120. The number of hydrogen-bond donors (Lipinski definition) is 1. The molecule has 8 heteroatoms. The molecule has 0 saturated carbocycles. The molecule has 0 bridgehead atoms. The van der Waals surface area contributed by atoms with Crippen molar-refractivity contribution in [2.45, 2.75) is 32.7 Å². The first-order valence-corrected chi connectivity index (χ1v) is 12.1. The number of anilines is 2. The molecular weight excluding hydrogens is 450 g/mol. The number of carbonyl (C=O) groups is 3. The topological polar surface area (TPSA) is 79.0 Å². The van der Waals surface area contributed by atoms with E-state index in [0.717, 1.165) is 10.4 Å². The van der Waals surface area contributed by atoms with Gasteiger partial charge in [0.15, 0.2) is 0 Å². The lowest BCUT2D eigenvalue weighted by molar-refractivity contribution is -0.124. The predicted octanol–water partition coefficient (Wildman–Crippen LogP) is 4.86. The third-order valence-electron chi connectivity index (χ3n) is 5.71. The zero-order valence-electron chi connectivity index (χ0n) is 19.2. The van der Waals surface area contributed by atoms with E-state index in [9.17, 15) is 14.4 Å². The van der Waals surface area contributed by atoms with E-state index in [-0.39, 0.29) is 18.2 Å². The fourth-order valence-electron chi connectivity index (χ4n) is 3.97. The molecule has 1 saturated heterocycles. The van der Waals surface area contributed by atoms with Crippen LogP contribution >= 0.6 is 11.3 Å². The van der Waals surface area contributed by atoms with Gasteiger partial charge in [0.2, 0.25) is 5.91 Å². The molecule has 0 aliphatic carbocycles. The maximum Gasteiger partial charge on any atom is 0.332 e. The molecular formula is C26H27N3O4S. The Morgan fingerprint density at radius 1 is 1.06 bits per heavy atom. The number of hydrogen-bond acceptors (Lipinski definition) is 5. The number of carbonyl (C=O) groups excluding carboxylic acids is 3. The number of benzene rings is 2. The van der Waals surface area contributed by atoms with E-state index in [1.165, 1.54) is 9.80 Å². The van der Waals surface area contributed by atoms with Gasteiger partial charge < -0.3 is 15.0 Å². The van der Waals surface area contributed by atoms with Gasteiger partial charge in [0, 0.05) is 17.1 Å². The lowest BCUT2D eigenvalue weighted by Crippen LogP contribution is -2.39. The molecule has 7 nitrogen and oxygen atoms in total. The van der Waals surface area contributed by atoms with Gasteiger partial charge in [0.25, 0.3) is 5.91 Å². The van der Waals surface area contributed by atoms with E-state index >= 15 is 0 Å². The van der Waals surface area contributed by atoms with Gasteiger partial charge in [-0.25, -0.2) is 9.69 Å². The van der Waals surface area contributed by atoms with Crippen molar-refractivity contribution in [3.63, 3.8) is 0 Å². The molecule has 1 aliphatic heterocycles. The Kier molecular flexibility index (Phi) is 7.27. The van der Waals surface area contributed by atoms with Gasteiger partial charge in [-0.2, -0.15) is 0 Å². The summed E-state index contributed by atoms with van der Waals surface area (Å²) in [5.41, 5.74) is 2.27. The second-order valence-electron chi connectivity index (χ2n) is 7.99. The number of amides is 4. The predicted molar refractivity (Wildman–Crippen MR) is 133 cm³/mol. The zero-order valence-corrected chi connectivity index (χ0v) is 20.0. The van der Waals surface area contributed by atoms with Crippen LogP contribution in [0.1, 0.15) is 23.8 Å². The highest BCUT2D eigenvalue weighted by Crippen LogP contribution is 2.28. The Morgan fingerprint density at radius 2 is 1.79 bits per heavy atom. The molecule has 2 aromatic carbocycles. The fraction of sp³-hybridized carbons (Fsp3) is 0.269. The molecule has 2 heterocycles. The van der Waals surface area contributed by atoms with E-state index in [4.69, 9.17) is 4.74 Å². The average molecular weight is 478 g/mol. The molecule has 3 aromatic rings. The van der Waals surface area contributed by atoms with Crippen LogP contribution in [0.15, 0.2) is 66.0 Å². The third kappa shape index (κ3) is 5.12. The van der Waals surface area contributed by atoms with Crippen LogP contribution < -0.4 is 15.0 Å². The summed E-state index contributed by atoms with van der Waals surface area (Å²) >= 11 is 1.63. The van der Waals surface area contributed by atoms with Gasteiger partial charge in [-0.15, -0.1) is 11.3 Å². The molecule has 1 fully saturated rings. The molecule has 1 aliphatic rings. The summed E-state index contributed by atoms with van der Waals surface area (Å²) < 4.78 is 5.43. The number of thiophene rings is 1. The molecule has 1 unspecified atom stereocenters. The second-order valence-corrected chi connectivity index (χ2v) is 8.99. The summed E-state index contributed by atoms with van der Waals surface area (Å²) in [7, 11) is 0. The van der Waals surface area contributed by atoms with E-state index < -0.39 is 12.1 Å². The summed E-state index contributed by atoms with van der Waals surface area (Å²) in [5.74, 6) is -0.00548. The fourth-order valence-corrected chi connectivity index (χ4v) is 4.87. The third-order valence-corrected chi connectivity index (χ3v) is 6.79. The van der Waals surface area contributed by atoms with Crippen LogP contribution in [0.4, 0.5) is 16.2 Å². The Morgan fingerprint density at radius 3 is 2.44 bits per heavy atom. The van der Waals surface area contributed by atoms with E-state index in [0.29, 0.717) is 36.7 Å². The number of para-hydroxylation sites is 1. The summed E-state index contributed by atoms with van der Waals surface area (Å²) in [6, 6.07) is 16.6. The number of aryl methyl sites for hydroxylation is 1. The summed E-state index contributed by atoms with van der Waals surface area (Å²) in [6.45, 7) is 4.85. The summed E-state index contributed by atoms with van der Waals surface area (Å²) in [5, 5.41) is 4.84. The molecule has 1 aromatic heterocycles. The molecule has 176 valence electrons. The van der Waals surface area contributed by atoms with Crippen molar-refractivity contribution in [1.82, 2.24) is 4.90 Å². The van der Waals surface area contributed by atoms with Crippen LogP contribution in [0.3, 0.4) is 0 Å². The minimum atomic E-state index is -0.865. The van der Waals surface area contributed by atoms with Gasteiger partial charge in [0.05, 0.1) is 18.7 Å². The standard InChI is InChI=1S/C26H27N3O4S/c1-3-33-21-11-9-19(10-12-21)27-24(30)17-22-25(31)29(20-7-5-4-6-8-20)26(32)28(22)15-13-23-18(2)14-16-34-23/h4-12,14,16,22H,3,13,15,17H2,1-2H3,(H,27,30). The van der Waals surface area contributed by atoms with Crippen molar-refractivity contribution in [1.29, 1.82) is 0 Å². The van der Waals surface area contributed by atoms with Crippen LogP contribution in [-0.2, 0) is 16.0 Å². The Balaban J connectivity index is 1.51. The summed E-state index contributed by atoms with van der Waals surface area (Å²) in [4.78, 5) is 43.3.